The van der Waals surface area contributed by atoms with Crippen LogP contribution in [0.25, 0.3) is 0 Å². The number of amides is 1. The molecular formula is C11H14N2O2. The lowest BCUT2D eigenvalue weighted by Crippen LogP contribution is -2.17. The first-order valence-electron chi connectivity index (χ1n) is 4.85. The monoisotopic (exact) mass is 206 g/mol. The second-order valence-corrected chi connectivity index (χ2v) is 3.09. The number of carbonyl (C=O) groups is 1. The number of phenolic OH excluding ortho intramolecular Hbond substituents is 1. The number of unbranched alkanes of at least 4 members (excludes halogenated alkanes) is 1. The van der Waals surface area contributed by atoms with Crippen LogP contribution >= 0.6 is 0 Å². The number of carbonyl (C=O) groups excluding carboxylic acids is 1. The molecule has 2 N–H and O–H groups in total. The summed E-state index contributed by atoms with van der Waals surface area (Å²) in [4.78, 5) is 11.4. The fraction of sp³-hybridized carbons (Fsp3) is 0.273. The normalized spacial score (nSPS) is 10.5. The van der Waals surface area contributed by atoms with E-state index in [1.165, 1.54) is 12.1 Å². The lowest BCUT2D eigenvalue weighted by atomic mass is 10.2. The molecule has 0 aromatic heterocycles. The number of nitrogens with zero attached hydrogens (tertiary/aromatic N) is 1. The molecule has 0 aliphatic carbocycles. The molecule has 15 heavy (non-hydrogen) atoms. The van der Waals surface area contributed by atoms with Crippen LogP contribution in [0.15, 0.2) is 29.4 Å². The van der Waals surface area contributed by atoms with Crippen LogP contribution in [0.5, 0.6) is 5.75 Å². The predicted octanol–water partition coefficient (Wildman–Crippen LogP) is 1.91. The summed E-state index contributed by atoms with van der Waals surface area (Å²) in [6.07, 6.45) is 3.48. The minimum atomic E-state index is -0.321. The van der Waals surface area contributed by atoms with Gasteiger partial charge in [0.15, 0.2) is 0 Å². The Hall–Kier alpha value is -1.84. The highest BCUT2D eigenvalue weighted by Gasteiger charge is 2.03. The zero-order valence-electron chi connectivity index (χ0n) is 8.60. The third-order valence-corrected chi connectivity index (χ3v) is 1.78. The van der Waals surface area contributed by atoms with E-state index in [4.69, 9.17) is 5.11 Å². The first-order valence-corrected chi connectivity index (χ1v) is 4.85. The second-order valence-electron chi connectivity index (χ2n) is 3.09. The third kappa shape index (κ3) is 3.81. The number of hydrogen-bond acceptors (Lipinski definition) is 3. The molecule has 1 amide bonds. The van der Waals surface area contributed by atoms with E-state index in [1.54, 1.807) is 18.3 Å². The van der Waals surface area contributed by atoms with Gasteiger partial charge in [0.1, 0.15) is 5.75 Å². The van der Waals surface area contributed by atoms with Gasteiger partial charge in [0, 0.05) is 11.8 Å². The molecule has 0 aliphatic heterocycles. The van der Waals surface area contributed by atoms with Crippen LogP contribution in [0.1, 0.15) is 30.1 Å². The van der Waals surface area contributed by atoms with Crippen molar-refractivity contribution < 1.29 is 9.90 Å². The summed E-state index contributed by atoms with van der Waals surface area (Å²) in [5.41, 5.74) is 2.77. The molecule has 0 saturated heterocycles. The van der Waals surface area contributed by atoms with Crippen molar-refractivity contribution in [1.29, 1.82) is 0 Å². The molecule has 80 valence electrons. The van der Waals surface area contributed by atoms with Gasteiger partial charge in [0.25, 0.3) is 5.91 Å². The van der Waals surface area contributed by atoms with Crippen LogP contribution in [0, 0.1) is 0 Å². The topological polar surface area (TPSA) is 61.7 Å². The third-order valence-electron chi connectivity index (χ3n) is 1.78. The van der Waals surface area contributed by atoms with E-state index in [2.05, 4.69) is 10.5 Å². The zero-order chi connectivity index (χ0) is 11.1. The molecule has 0 bridgehead atoms. The van der Waals surface area contributed by atoms with E-state index in [9.17, 15) is 4.79 Å². The van der Waals surface area contributed by atoms with Crippen molar-refractivity contribution in [3.8, 4) is 5.75 Å². The van der Waals surface area contributed by atoms with E-state index in [0.29, 0.717) is 5.56 Å². The van der Waals surface area contributed by atoms with Crippen LogP contribution in [0.2, 0.25) is 0 Å². The fourth-order valence-electron chi connectivity index (χ4n) is 1.01. The Balaban J connectivity index is 2.54. The molecule has 0 unspecified atom stereocenters. The lowest BCUT2D eigenvalue weighted by Gasteiger charge is -1.99. The van der Waals surface area contributed by atoms with E-state index in [-0.39, 0.29) is 11.7 Å². The summed E-state index contributed by atoms with van der Waals surface area (Å²) in [7, 11) is 0. The molecule has 0 spiro atoms. The minimum absolute atomic E-state index is 0.0696. The van der Waals surface area contributed by atoms with E-state index < -0.39 is 0 Å². The van der Waals surface area contributed by atoms with Gasteiger partial charge in [-0.2, -0.15) is 5.10 Å². The molecule has 1 rings (SSSR count). The molecule has 1 aromatic rings. The van der Waals surface area contributed by atoms with Crippen LogP contribution < -0.4 is 5.43 Å². The average molecular weight is 206 g/mol. The molecule has 0 saturated carbocycles. The molecule has 0 heterocycles. The quantitative estimate of drug-likeness (QED) is 0.584. The Bertz CT molecular complexity index is 361. The number of phenols is 1. The van der Waals surface area contributed by atoms with Crippen LogP contribution in [-0.2, 0) is 0 Å². The summed E-state index contributed by atoms with van der Waals surface area (Å²) in [5.74, 6) is -0.251. The highest BCUT2D eigenvalue weighted by atomic mass is 16.3. The molecule has 4 heteroatoms. The molecular weight excluding hydrogens is 192 g/mol. The van der Waals surface area contributed by atoms with Gasteiger partial charge in [0.05, 0.1) is 0 Å². The lowest BCUT2D eigenvalue weighted by molar-refractivity contribution is 0.0954. The maximum Gasteiger partial charge on any atom is 0.271 e. The van der Waals surface area contributed by atoms with Crippen LogP contribution in [0.3, 0.4) is 0 Å². The molecule has 0 radical (unpaired) electrons. The summed E-state index contributed by atoms with van der Waals surface area (Å²) in [6, 6.07) is 6.13. The Labute approximate surface area is 88.6 Å². The highest BCUT2D eigenvalue weighted by Crippen LogP contribution is 2.10. The SMILES string of the molecule is CCC/C=N/NC(=O)c1cccc(O)c1. The maximum atomic E-state index is 11.4. The van der Waals surface area contributed by atoms with Crippen molar-refractivity contribution in [3.63, 3.8) is 0 Å². The fourth-order valence-corrected chi connectivity index (χ4v) is 1.01. The molecule has 0 aliphatic rings. The summed E-state index contributed by atoms with van der Waals surface area (Å²) >= 11 is 0. The van der Waals surface area contributed by atoms with E-state index in [1.807, 2.05) is 6.92 Å². The largest absolute Gasteiger partial charge is 0.508 e. The first-order chi connectivity index (χ1) is 7.24. The van der Waals surface area contributed by atoms with E-state index in [0.717, 1.165) is 12.8 Å². The van der Waals surface area contributed by atoms with Gasteiger partial charge < -0.3 is 5.11 Å². The van der Waals surface area contributed by atoms with Gasteiger partial charge in [-0.3, -0.25) is 4.79 Å². The number of benzene rings is 1. The van der Waals surface area contributed by atoms with Gasteiger partial charge in [-0.1, -0.05) is 19.4 Å². The predicted molar refractivity (Wildman–Crippen MR) is 59.0 cm³/mol. The maximum absolute atomic E-state index is 11.4. The molecule has 0 fully saturated rings. The van der Waals surface area contributed by atoms with Gasteiger partial charge in [-0.25, -0.2) is 5.43 Å². The van der Waals surface area contributed by atoms with Gasteiger partial charge >= 0.3 is 0 Å². The standard InChI is InChI=1S/C11H14N2O2/c1-2-3-7-12-13-11(15)9-5-4-6-10(14)8-9/h4-8,14H,2-3H2,1H3,(H,13,15)/b12-7+. The number of nitrogens with one attached hydrogen (secondary N) is 1. The first kappa shape index (κ1) is 11.2. The van der Waals surface area contributed by atoms with Gasteiger partial charge in [0.2, 0.25) is 0 Å². The van der Waals surface area contributed by atoms with Crippen molar-refractivity contribution in [2.45, 2.75) is 19.8 Å². The van der Waals surface area contributed by atoms with Crippen molar-refractivity contribution in [2.75, 3.05) is 0 Å². The summed E-state index contributed by atoms with van der Waals surface area (Å²) < 4.78 is 0. The van der Waals surface area contributed by atoms with Crippen molar-refractivity contribution in [1.82, 2.24) is 5.43 Å². The van der Waals surface area contributed by atoms with Gasteiger partial charge in [-0.15, -0.1) is 0 Å². The van der Waals surface area contributed by atoms with Crippen LogP contribution in [-0.4, -0.2) is 17.2 Å². The van der Waals surface area contributed by atoms with Crippen molar-refractivity contribution in [3.05, 3.63) is 29.8 Å². The summed E-state index contributed by atoms with van der Waals surface area (Å²) in [6.45, 7) is 2.03. The summed E-state index contributed by atoms with van der Waals surface area (Å²) in [5, 5.41) is 12.9. The smallest absolute Gasteiger partial charge is 0.271 e. The number of hydrazone groups is 1. The molecule has 4 nitrogen and oxygen atoms in total. The second kappa shape index (κ2) is 5.80. The highest BCUT2D eigenvalue weighted by molar-refractivity contribution is 5.94. The minimum Gasteiger partial charge on any atom is -0.508 e. The molecule has 1 aromatic carbocycles. The van der Waals surface area contributed by atoms with Crippen molar-refractivity contribution >= 4 is 12.1 Å². The van der Waals surface area contributed by atoms with Crippen LogP contribution in [0.4, 0.5) is 0 Å². The zero-order valence-corrected chi connectivity index (χ0v) is 8.60. The molecule has 0 atom stereocenters. The Morgan fingerprint density at radius 1 is 1.60 bits per heavy atom. The number of hydrogen-bond donors (Lipinski definition) is 2. The van der Waals surface area contributed by atoms with E-state index >= 15 is 0 Å². The number of rotatable bonds is 4. The van der Waals surface area contributed by atoms with Gasteiger partial charge in [-0.05, 0) is 24.6 Å². The Morgan fingerprint density at radius 2 is 2.40 bits per heavy atom. The average Bonchev–Trinajstić information content (AvgIpc) is 2.24. The Kier molecular flexibility index (Phi) is 4.34. The van der Waals surface area contributed by atoms with Crippen molar-refractivity contribution in [2.24, 2.45) is 5.10 Å². The number of aromatic hydroxyl groups is 1. The Morgan fingerprint density at radius 3 is 3.07 bits per heavy atom.